The fraction of sp³-hybridized carbons (Fsp3) is 0.455. The summed E-state index contributed by atoms with van der Waals surface area (Å²) in [7, 11) is 0. The van der Waals surface area contributed by atoms with Gasteiger partial charge in [0.05, 0.1) is 11.7 Å². The molecular weight excluding hydrogens is 370 g/mol. The number of hydrogen-bond donors (Lipinski definition) is 0. The summed E-state index contributed by atoms with van der Waals surface area (Å²) in [4.78, 5) is 22.8. The summed E-state index contributed by atoms with van der Waals surface area (Å²) in [5.74, 6) is 1.07. The van der Waals surface area contributed by atoms with E-state index in [2.05, 4.69) is 22.0 Å². The minimum Gasteiger partial charge on any atom is -0.377 e. The van der Waals surface area contributed by atoms with E-state index >= 15 is 0 Å². The lowest BCUT2D eigenvalue weighted by Gasteiger charge is -2.35. The van der Waals surface area contributed by atoms with Crippen LogP contribution in [0.15, 0.2) is 53.7 Å². The maximum Gasteiger partial charge on any atom is 0.255 e. The molecule has 1 amide bonds. The summed E-state index contributed by atoms with van der Waals surface area (Å²) in [6, 6.07) is 12.1. The molecule has 0 saturated carbocycles. The molecule has 0 bridgehead atoms. The number of piperazine rings is 1. The van der Waals surface area contributed by atoms with Gasteiger partial charge in [-0.25, -0.2) is 0 Å². The van der Waals surface area contributed by atoms with Crippen molar-refractivity contribution in [3.63, 3.8) is 0 Å². The van der Waals surface area contributed by atoms with Crippen LogP contribution in [0.1, 0.15) is 28.8 Å². The van der Waals surface area contributed by atoms with Crippen LogP contribution in [0.25, 0.3) is 0 Å². The zero-order valence-corrected chi connectivity index (χ0v) is 16.9. The van der Waals surface area contributed by atoms with Crippen molar-refractivity contribution < 1.29 is 9.53 Å². The van der Waals surface area contributed by atoms with Crippen LogP contribution in [0.3, 0.4) is 0 Å². The Morgan fingerprint density at radius 1 is 1.14 bits per heavy atom. The smallest absolute Gasteiger partial charge is 0.255 e. The third kappa shape index (κ3) is 4.93. The van der Waals surface area contributed by atoms with E-state index in [1.807, 2.05) is 35.4 Å². The molecule has 6 heteroatoms. The minimum absolute atomic E-state index is 0.150. The summed E-state index contributed by atoms with van der Waals surface area (Å²) in [5.41, 5.74) is 2.05. The SMILES string of the molecule is O=C(c1ccccc1SCC1CCCO1)N1CCN(Cc2cccnc2)CC1. The number of hydrogen-bond acceptors (Lipinski definition) is 5. The Kier molecular flexibility index (Phi) is 6.62. The Bertz CT molecular complexity index is 772. The highest BCUT2D eigenvalue weighted by molar-refractivity contribution is 7.99. The molecule has 0 spiro atoms. The topological polar surface area (TPSA) is 45.7 Å². The van der Waals surface area contributed by atoms with Crippen molar-refractivity contribution >= 4 is 17.7 Å². The third-order valence-electron chi connectivity index (χ3n) is 5.35. The van der Waals surface area contributed by atoms with Crippen LogP contribution >= 0.6 is 11.8 Å². The first-order valence-electron chi connectivity index (χ1n) is 10.0. The van der Waals surface area contributed by atoms with Gasteiger partial charge in [0.25, 0.3) is 5.91 Å². The first kappa shape index (κ1) is 19.4. The zero-order chi connectivity index (χ0) is 19.2. The number of carbonyl (C=O) groups excluding carboxylic acids is 1. The van der Waals surface area contributed by atoms with Gasteiger partial charge in [-0.3, -0.25) is 14.7 Å². The van der Waals surface area contributed by atoms with Crippen LogP contribution in [0.5, 0.6) is 0 Å². The Morgan fingerprint density at radius 3 is 2.75 bits per heavy atom. The van der Waals surface area contributed by atoms with Crippen molar-refractivity contribution in [3.05, 3.63) is 59.9 Å². The third-order valence-corrected chi connectivity index (χ3v) is 6.56. The number of pyridine rings is 1. The standard InChI is InChI=1S/C22H27N3O2S/c26-22(20-7-1-2-8-21(20)28-17-19-6-4-14-27-19)25-12-10-24(11-13-25)16-18-5-3-9-23-15-18/h1-3,5,7-9,15,19H,4,6,10-14,16-17H2. The van der Waals surface area contributed by atoms with E-state index in [0.717, 1.165) is 68.4 Å². The number of nitrogens with zero attached hydrogens (tertiary/aromatic N) is 3. The first-order chi connectivity index (χ1) is 13.8. The van der Waals surface area contributed by atoms with Crippen molar-refractivity contribution in [2.24, 2.45) is 0 Å². The lowest BCUT2D eigenvalue weighted by molar-refractivity contribution is 0.0625. The number of aromatic nitrogens is 1. The van der Waals surface area contributed by atoms with Crippen LogP contribution in [-0.4, -0.2) is 65.3 Å². The Balaban J connectivity index is 1.33. The zero-order valence-electron chi connectivity index (χ0n) is 16.1. The predicted molar refractivity (Wildman–Crippen MR) is 112 cm³/mol. The van der Waals surface area contributed by atoms with Gasteiger partial charge in [0.15, 0.2) is 0 Å². The molecule has 3 heterocycles. The number of carbonyl (C=O) groups is 1. The summed E-state index contributed by atoms with van der Waals surface area (Å²) < 4.78 is 5.73. The molecule has 0 N–H and O–H groups in total. The molecule has 0 aliphatic carbocycles. The van der Waals surface area contributed by atoms with E-state index in [4.69, 9.17) is 4.74 Å². The molecule has 2 aliphatic rings. The molecule has 2 aromatic rings. The van der Waals surface area contributed by atoms with E-state index in [0.29, 0.717) is 6.10 Å². The fourth-order valence-electron chi connectivity index (χ4n) is 3.76. The van der Waals surface area contributed by atoms with Crippen molar-refractivity contribution in [2.75, 3.05) is 38.5 Å². The average molecular weight is 398 g/mol. The largest absolute Gasteiger partial charge is 0.377 e. The Hall–Kier alpha value is -1.89. The monoisotopic (exact) mass is 397 g/mol. The van der Waals surface area contributed by atoms with E-state index in [-0.39, 0.29) is 5.91 Å². The molecule has 1 unspecified atom stereocenters. The minimum atomic E-state index is 0.150. The highest BCUT2D eigenvalue weighted by Gasteiger charge is 2.24. The van der Waals surface area contributed by atoms with Crippen LogP contribution in [0, 0.1) is 0 Å². The average Bonchev–Trinajstić information content (AvgIpc) is 3.27. The van der Waals surface area contributed by atoms with E-state index < -0.39 is 0 Å². The van der Waals surface area contributed by atoms with E-state index in [1.165, 1.54) is 5.56 Å². The summed E-state index contributed by atoms with van der Waals surface area (Å²) >= 11 is 1.75. The highest BCUT2D eigenvalue weighted by Crippen LogP contribution is 2.28. The van der Waals surface area contributed by atoms with Gasteiger partial charge in [0.1, 0.15) is 0 Å². The molecule has 2 saturated heterocycles. The number of amides is 1. The van der Waals surface area contributed by atoms with Crippen molar-refractivity contribution in [1.29, 1.82) is 0 Å². The maximum absolute atomic E-state index is 13.1. The molecule has 1 aromatic heterocycles. The van der Waals surface area contributed by atoms with Crippen LogP contribution in [0.4, 0.5) is 0 Å². The van der Waals surface area contributed by atoms with Gasteiger partial charge in [-0.2, -0.15) is 0 Å². The maximum atomic E-state index is 13.1. The fourth-order valence-corrected chi connectivity index (χ4v) is 4.87. The van der Waals surface area contributed by atoms with Gasteiger partial charge in [-0.15, -0.1) is 11.8 Å². The summed E-state index contributed by atoms with van der Waals surface area (Å²) in [6.07, 6.45) is 6.31. The molecule has 4 rings (SSSR count). The van der Waals surface area contributed by atoms with Crippen molar-refractivity contribution in [2.45, 2.75) is 30.4 Å². The summed E-state index contributed by atoms with van der Waals surface area (Å²) in [5, 5.41) is 0. The second-order valence-corrected chi connectivity index (χ2v) is 8.43. The van der Waals surface area contributed by atoms with Gasteiger partial charge in [0.2, 0.25) is 0 Å². The number of ether oxygens (including phenoxy) is 1. The van der Waals surface area contributed by atoms with E-state index in [9.17, 15) is 4.79 Å². The van der Waals surface area contributed by atoms with Gasteiger partial charge in [0, 0.05) is 62.4 Å². The van der Waals surface area contributed by atoms with Gasteiger partial charge in [-0.05, 0) is 36.6 Å². The predicted octanol–water partition coefficient (Wildman–Crippen LogP) is 3.31. The van der Waals surface area contributed by atoms with Crippen LogP contribution < -0.4 is 0 Å². The molecular formula is C22H27N3O2S. The van der Waals surface area contributed by atoms with Crippen molar-refractivity contribution in [3.8, 4) is 0 Å². The van der Waals surface area contributed by atoms with Gasteiger partial charge in [-0.1, -0.05) is 18.2 Å². The highest BCUT2D eigenvalue weighted by atomic mass is 32.2. The molecule has 148 valence electrons. The van der Waals surface area contributed by atoms with Crippen LogP contribution in [-0.2, 0) is 11.3 Å². The first-order valence-corrected chi connectivity index (χ1v) is 11.0. The second-order valence-electron chi connectivity index (χ2n) is 7.37. The lowest BCUT2D eigenvalue weighted by Crippen LogP contribution is -2.48. The van der Waals surface area contributed by atoms with Gasteiger partial charge < -0.3 is 9.64 Å². The molecule has 1 atom stereocenters. The number of benzene rings is 1. The quantitative estimate of drug-likeness (QED) is 0.700. The number of thioether (sulfide) groups is 1. The molecule has 1 aromatic carbocycles. The normalized spacial score (nSPS) is 20.4. The molecule has 28 heavy (non-hydrogen) atoms. The molecule has 0 radical (unpaired) electrons. The molecule has 2 aliphatic heterocycles. The van der Waals surface area contributed by atoms with E-state index in [1.54, 1.807) is 18.0 Å². The second kappa shape index (κ2) is 9.54. The molecule has 5 nitrogen and oxygen atoms in total. The lowest BCUT2D eigenvalue weighted by atomic mass is 10.1. The van der Waals surface area contributed by atoms with Crippen LogP contribution in [0.2, 0.25) is 0 Å². The summed E-state index contributed by atoms with van der Waals surface area (Å²) in [6.45, 7) is 5.09. The Morgan fingerprint density at radius 2 is 2.00 bits per heavy atom. The van der Waals surface area contributed by atoms with Crippen molar-refractivity contribution in [1.82, 2.24) is 14.8 Å². The van der Waals surface area contributed by atoms with Gasteiger partial charge >= 0.3 is 0 Å². The molecule has 2 fully saturated rings. The Labute approximate surface area is 171 Å². The number of rotatable bonds is 6.